The summed E-state index contributed by atoms with van der Waals surface area (Å²) >= 11 is 0. The van der Waals surface area contributed by atoms with Gasteiger partial charge in [-0.05, 0) is 70.7 Å². The van der Waals surface area contributed by atoms with E-state index in [1.54, 1.807) is 0 Å². The molecule has 0 aromatic carbocycles. The van der Waals surface area contributed by atoms with Gasteiger partial charge in [0.1, 0.15) is 0 Å². The predicted octanol–water partition coefficient (Wildman–Crippen LogP) is 1.47. The standard InChI is InChI=1S/C11H22N2/c1-2-8-13(7-1)9-5-11-4-3-6-12-10-11/h11-12H,1-10H2. The number of piperidine rings is 1. The van der Waals surface area contributed by atoms with Gasteiger partial charge in [-0.25, -0.2) is 0 Å². The van der Waals surface area contributed by atoms with Crippen LogP contribution in [-0.2, 0) is 0 Å². The molecule has 0 aromatic heterocycles. The summed E-state index contributed by atoms with van der Waals surface area (Å²) in [7, 11) is 0. The molecule has 0 radical (unpaired) electrons. The molecule has 2 aliphatic rings. The van der Waals surface area contributed by atoms with Crippen LogP contribution >= 0.6 is 0 Å². The molecule has 2 fully saturated rings. The van der Waals surface area contributed by atoms with E-state index >= 15 is 0 Å². The van der Waals surface area contributed by atoms with Crippen molar-refractivity contribution in [3.63, 3.8) is 0 Å². The second-order valence-corrected chi connectivity index (χ2v) is 4.55. The fourth-order valence-corrected chi connectivity index (χ4v) is 2.54. The minimum atomic E-state index is 0.967. The maximum absolute atomic E-state index is 3.49. The molecule has 2 aliphatic heterocycles. The van der Waals surface area contributed by atoms with Gasteiger partial charge in [-0.3, -0.25) is 0 Å². The number of rotatable bonds is 3. The Morgan fingerprint density at radius 3 is 2.69 bits per heavy atom. The Balaban J connectivity index is 1.60. The van der Waals surface area contributed by atoms with E-state index in [1.807, 2.05) is 0 Å². The van der Waals surface area contributed by atoms with E-state index in [4.69, 9.17) is 0 Å². The fourth-order valence-electron chi connectivity index (χ4n) is 2.54. The van der Waals surface area contributed by atoms with Gasteiger partial charge in [-0.1, -0.05) is 0 Å². The molecule has 0 saturated carbocycles. The molecular weight excluding hydrogens is 160 g/mol. The van der Waals surface area contributed by atoms with Crippen molar-refractivity contribution < 1.29 is 0 Å². The van der Waals surface area contributed by atoms with Crippen molar-refractivity contribution in [1.82, 2.24) is 10.2 Å². The summed E-state index contributed by atoms with van der Waals surface area (Å²) in [6.07, 6.45) is 7.14. The van der Waals surface area contributed by atoms with E-state index < -0.39 is 0 Å². The van der Waals surface area contributed by atoms with E-state index in [-0.39, 0.29) is 0 Å². The lowest BCUT2D eigenvalue weighted by Gasteiger charge is -2.24. The highest BCUT2D eigenvalue weighted by Crippen LogP contribution is 2.16. The maximum Gasteiger partial charge on any atom is -0.00156 e. The van der Waals surface area contributed by atoms with Crippen LogP contribution in [0.25, 0.3) is 0 Å². The van der Waals surface area contributed by atoms with Gasteiger partial charge in [0.2, 0.25) is 0 Å². The monoisotopic (exact) mass is 182 g/mol. The third-order valence-electron chi connectivity index (χ3n) is 3.45. The van der Waals surface area contributed by atoms with Crippen LogP contribution in [-0.4, -0.2) is 37.6 Å². The average molecular weight is 182 g/mol. The quantitative estimate of drug-likeness (QED) is 0.711. The van der Waals surface area contributed by atoms with Crippen LogP contribution < -0.4 is 5.32 Å². The largest absolute Gasteiger partial charge is 0.316 e. The highest BCUT2D eigenvalue weighted by atomic mass is 15.1. The fraction of sp³-hybridized carbons (Fsp3) is 1.00. The summed E-state index contributed by atoms with van der Waals surface area (Å²) in [5.74, 6) is 0.967. The van der Waals surface area contributed by atoms with Crippen molar-refractivity contribution in [2.24, 2.45) is 5.92 Å². The normalized spacial score (nSPS) is 30.9. The Labute approximate surface area is 81.7 Å². The summed E-state index contributed by atoms with van der Waals surface area (Å²) < 4.78 is 0. The van der Waals surface area contributed by atoms with Gasteiger partial charge in [0.25, 0.3) is 0 Å². The third kappa shape index (κ3) is 2.96. The van der Waals surface area contributed by atoms with Crippen LogP contribution in [0.3, 0.4) is 0 Å². The van der Waals surface area contributed by atoms with Crippen molar-refractivity contribution in [2.45, 2.75) is 32.1 Å². The van der Waals surface area contributed by atoms with Crippen LogP contribution in [0.5, 0.6) is 0 Å². The first-order chi connectivity index (χ1) is 6.45. The molecule has 2 heterocycles. The Bertz CT molecular complexity index is 135. The third-order valence-corrected chi connectivity index (χ3v) is 3.45. The minimum absolute atomic E-state index is 0.967. The van der Waals surface area contributed by atoms with E-state index in [1.165, 1.54) is 64.8 Å². The molecule has 0 aromatic rings. The molecule has 2 rings (SSSR count). The van der Waals surface area contributed by atoms with E-state index in [0.29, 0.717) is 0 Å². The zero-order valence-corrected chi connectivity index (χ0v) is 8.60. The molecule has 76 valence electrons. The SMILES string of the molecule is C1CNCC(CCN2CCCC2)C1. The minimum Gasteiger partial charge on any atom is -0.316 e. The molecule has 0 bridgehead atoms. The Kier molecular flexibility index (Phi) is 3.62. The summed E-state index contributed by atoms with van der Waals surface area (Å²) in [5.41, 5.74) is 0. The molecule has 0 aliphatic carbocycles. The summed E-state index contributed by atoms with van der Waals surface area (Å²) in [5, 5.41) is 3.49. The van der Waals surface area contributed by atoms with Crippen LogP contribution in [0.4, 0.5) is 0 Å². The number of hydrogen-bond donors (Lipinski definition) is 1. The Hall–Kier alpha value is -0.0800. The van der Waals surface area contributed by atoms with Gasteiger partial charge >= 0.3 is 0 Å². The molecule has 1 unspecified atom stereocenters. The van der Waals surface area contributed by atoms with Crippen LogP contribution in [0, 0.1) is 5.92 Å². The van der Waals surface area contributed by atoms with Crippen molar-refractivity contribution in [1.29, 1.82) is 0 Å². The maximum atomic E-state index is 3.49. The second kappa shape index (κ2) is 4.97. The number of nitrogens with zero attached hydrogens (tertiary/aromatic N) is 1. The molecule has 1 N–H and O–H groups in total. The van der Waals surface area contributed by atoms with E-state index in [2.05, 4.69) is 10.2 Å². The molecule has 2 heteroatoms. The molecular formula is C11H22N2. The number of nitrogens with one attached hydrogen (secondary N) is 1. The van der Waals surface area contributed by atoms with E-state index in [9.17, 15) is 0 Å². The lowest BCUT2D eigenvalue weighted by Crippen LogP contribution is -2.32. The molecule has 2 nitrogen and oxygen atoms in total. The zero-order valence-electron chi connectivity index (χ0n) is 8.60. The van der Waals surface area contributed by atoms with Crippen molar-refractivity contribution >= 4 is 0 Å². The van der Waals surface area contributed by atoms with Crippen LogP contribution in [0.15, 0.2) is 0 Å². The smallest absolute Gasteiger partial charge is 0.00156 e. The van der Waals surface area contributed by atoms with Gasteiger partial charge in [-0.2, -0.15) is 0 Å². The first-order valence-corrected chi connectivity index (χ1v) is 5.88. The Morgan fingerprint density at radius 2 is 2.00 bits per heavy atom. The highest BCUT2D eigenvalue weighted by molar-refractivity contribution is 4.72. The molecule has 1 atom stereocenters. The molecule has 0 amide bonds. The topological polar surface area (TPSA) is 15.3 Å². The first kappa shape index (κ1) is 9.47. The van der Waals surface area contributed by atoms with Crippen molar-refractivity contribution in [3.05, 3.63) is 0 Å². The number of likely N-dealkylation sites (tertiary alicyclic amines) is 1. The lowest BCUT2D eigenvalue weighted by atomic mass is 9.96. The van der Waals surface area contributed by atoms with Gasteiger partial charge in [-0.15, -0.1) is 0 Å². The van der Waals surface area contributed by atoms with Gasteiger partial charge < -0.3 is 10.2 Å². The second-order valence-electron chi connectivity index (χ2n) is 4.55. The van der Waals surface area contributed by atoms with Gasteiger partial charge in [0.05, 0.1) is 0 Å². The van der Waals surface area contributed by atoms with Crippen LogP contribution in [0.1, 0.15) is 32.1 Å². The molecule has 2 saturated heterocycles. The summed E-state index contributed by atoms with van der Waals surface area (Å²) in [6, 6.07) is 0. The average Bonchev–Trinajstić information content (AvgIpc) is 2.69. The van der Waals surface area contributed by atoms with Gasteiger partial charge in [0, 0.05) is 0 Å². The summed E-state index contributed by atoms with van der Waals surface area (Å²) in [4.78, 5) is 2.63. The number of hydrogen-bond acceptors (Lipinski definition) is 2. The van der Waals surface area contributed by atoms with Crippen molar-refractivity contribution in [3.8, 4) is 0 Å². The van der Waals surface area contributed by atoms with Gasteiger partial charge in [0.15, 0.2) is 0 Å². The zero-order chi connectivity index (χ0) is 8.93. The lowest BCUT2D eigenvalue weighted by molar-refractivity contribution is 0.274. The Morgan fingerprint density at radius 1 is 1.15 bits per heavy atom. The van der Waals surface area contributed by atoms with Crippen molar-refractivity contribution in [2.75, 3.05) is 32.7 Å². The highest BCUT2D eigenvalue weighted by Gasteiger charge is 2.16. The molecule has 0 spiro atoms. The predicted molar refractivity (Wildman–Crippen MR) is 55.9 cm³/mol. The molecule has 13 heavy (non-hydrogen) atoms. The van der Waals surface area contributed by atoms with Crippen LogP contribution in [0.2, 0.25) is 0 Å². The summed E-state index contributed by atoms with van der Waals surface area (Å²) in [6.45, 7) is 6.60. The first-order valence-electron chi connectivity index (χ1n) is 5.88. The van der Waals surface area contributed by atoms with E-state index in [0.717, 1.165) is 5.92 Å².